The van der Waals surface area contributed by atoms with Crippen molar-refractivity contribution in [1.29, 1.82) is 0 Å². The lowest BCUT2D eigenvalue weighted by Crippen LogP contribution is -1.93. The number of nitrogens with one attached hydrogen (secondary N) is 1. The van der Waals surface area contributed by atoms with Crippen molar-refractivity contribution in [3.63, 3.8) is 0 Å². The summed E-state index contributed by atoms with van der Waals surface area (Å²) >= 11 is 1.42. The van der Waals surface area contributed by atoms with Crippen LogP contribution in [-0.2, 0) is 6.42 Å². The summed E-state index contributed by atoms with van der Waals surface area (Å²) in [4.78, 5) is 4.33. The molecule has 0 radical (unpaired) electrons. The minimum Gasteiger partial charge on any atom is -0.262 e. The summed E-state index contributed by atoms with van der Waals surface area (Å²) in [6.45, 7) is 3.98. The lowest BCUT2D eigenvalue weighted by molar-refractivity contribution is 0.507. The smallest absolute Gasteiger partial charge is 0.209 e. The molecule has 0 spiro atoms. The summed E-state index contributed by atoms with van der Waals surface area (Å²) in [6, 6.07) is 3.94. The third-order valence-corrected chi connectivity index (χ3v) is 3.71. The molecular formula is C13H15F2N3S. The van der Waals surface area contributed by atoms with Crippen molar-refractivity contribution in [1.82, 2.24) is 15.2 Å². The van der Waals surface area contributed by atoms with Gasteiger partial charge in [-0.2, -0.15) is 0 Å². The molecule has 6 heteroatoms. The Kier molecular flexibility index (Phi) is 4.52. The number of nitrogens with zero attached hydrogens (tertiary/aromatic N) is 2. The maximum Gasteiger partial charge on any atom is 0.209 e. The second-order valence-corrected chi connectivity index (χ2v) is 5.56. The van der Waals surface area contributed by atoms with Gasteiger partial charge in [0.05, 0.1) is 0 Å². The molecular weight excluding hydrogens is 268 g/mol. The Balaban J connectivity index is 2.06. The molecule has 0 fully saturated rings. The van der Waals surface area contributed by atoms with Gasteiger partial charge < -0.3 is 0 Å². The quantitative estimate of drug-likeness (QED) is 0.846. The van der Waals surface area contributed by atoms with Crippen molar-refractivity contribution in [3.05, 3.63) is 41.2 Å². The van der Waals surface area contributed by atoms with Crippen LogP contribution in [0.4, 0.5) is 8.78 Å². The van der Waals surface area contributed by atoms with E-state index in [1.165, 1.54) is 17.8 Å². The van der Waals surface area contributed by atoms with Gasteiger partial charge in [-0.05, 0) is 31.0 Å². The molecule has 1 atom stereocenters. The van der Waals surface area contributed by atoms with E-state index in [0.29, 0.717) is 10.7 Å². The third-order valence-electron chi connectivity index (χ3n) is 2.69. The number of aromatic amines is 1. The monoisotopic (exact) mass is 283 g/mol. The molecule has 0 saturated heterocycles. The number of aryl methyl sites for hydroxylation is 1. The highest BCUT2D eigenvalue weighted by Gasteiger charge is 2.13. The molecule has 2 rings (SSSR count). The Morgan fingerprint density at radius 1 is 1.32 bits per heavy atom. The van der Waals surface area contributed by atoms with Crippen LogP contribution in [0.3, 0.4) is 0 Å². The van der Waals surface area contributed by atoms with Gasteiger partial charge in [0.1, 0.15) is 5.82 Å². The van der Waals surface area contributed by atoms with Gasteiger partial charge in [-0.15, -0.1) is 5.10 Å². The number of hydrogen-bond donors (Lipinski definition) is 1. The average molecular weight is 283 g/mol. The molecule has 0 bridgehead atoms. The van der Waals surface area contributed by atoms with Crippen molar-refractivity contribution in [3.8, 4) is 0 Å². The minimum absolute atomic E-state index is 0.0413. The summed E-state index contributed by atoms with van der Waals surface area (Å²) < 4.78 is 26.0. The van der Waals surface area contributed by atoms with Crippen LogP contribution >= 0.6 is 11.8 Å². The molecule has 1 aromatic heterocycles. The van der Waals surface area contributed by atoms with Crippen LogP contribution in [-0.4, -0.2) is 15.2 Å². The van der Waals surface area contributed by atoms with Gasteiger partial charge >= 0.3 is 0 Å². The van der Waals surface area contributed by atoms with Crippen molar-refractivity contribution in [2.75, 3.05) is 0 Å². The highest BCUT2D eigenvalue weighted by molar-refractivity contribution is 7.99. The van der Waals surface area contributed by atoms with Crippen LogP contribution in [0.2, 0.25) is 0 Å². The van der Waals surface area contributed by atoms with E-state index in [9.17, 15) is 8.78 Å². The number of aromatic nitrogens is 3. The summed E-state index contributed by atoms with van der Waals surface area (Å²) in [6.07, 6.45) is 1.85. The SMILES string of the molecule is CCCc1nc(S[C@@H](C)c2ccc(F)c(F)c2)n[nH]1. The fourth-order valence-corrected chi connectivity index (χ4v) is 2.53. The molecule has 1 N–H and O–H groups in total. The van der Waals surface area contributed by atoms with E-state index >= 15 is 0 Å². The zero-order valence-electron chi connectivity index (χ0n) is 10.8. The van der Waals surface area contributed by atoms with Crippen LogP contribution in [0.25, 0.3) is 0 Å². The first-order valence-electron chi connectivity index (χ1n) is 6.13. The lowest BCUT2D eigenvalue weighted by Gasteiger charge is -2.09. The number of H-pyrrole nitrogens is 1. The van der Waals surface area contributed by atoms with Crippen LogP contribution in [0, 0.1) is 11.6 Å². The van der Waals surface area contributed by atoms with Gasteiger partial charge in [0, 0.05) is 11.7 Å². The van der Waals surface area contributed by atoms with Gasteiger partial charge in [0.2, 0.25) is 5.16 Å². The van der Waals surface area contributed by atoms with Crippen molar-refractivity contribution in [2.45, 2.75) is 37.1 Å². The molecule has 0 aliphatic rings. The standard InChI is InChI=1S/C13H15F2N3S/c1-3-4-12-16-13(18-17-12)19-8(2)9-5-6-10(14)11(15)7-9/h5-8H,3-4H2,1-2H3,(H,16,17,18)/t8-/m0/s1. The number of rotatable bonds is 5. The molecule has 3 nitrogen and oxygen atoms in total. The largest absolute Gasteiger partial charge is 0.262 e. The molecule has 0 amide bonds. The van der Waals surface area contributed by atoms with Crippen LogP contribution in [0.5, 0.6) is 0 Å². The van der Waals surface area contributed by atoms with E-state index in [0.717, 1.165) is 24.7 Å². The van der Waals surface area contributed by atoms with Gasteiger partial charge in [0.25, 0.3) is 0 Å². The predicted octanol–water partition coefficient (Wildman–Crippen LogP) is 3.89. The van der Waals surface area contributed by atoms with Crippen molar-refractivity contribution >= 4 is 11.8 Å². The first-order chi connectivity index (χ1) is 9.10. The highest BCUT2D eigenvalue weighted by Crippen LogP contribution is 2.33. The van der Waals surface area contributed by atoms with E-state index in [1.54, 1.807) is 6.07 Å². The average Bonchev–Trinajstić information content (AvgIpc) is 2.80. The predicted molar refractivity (Wildman–Crippen MR) is 71.0 cm³/mol. The van der Waals surface area contributed by atoms with Crippen LogP contribution in [0.1, 0.15) is 36.9 Å². The van der Waals surface area contributed by atoms with Gasteiger partial charge in [-0.1, -0.05) is 24.8 Å². The lowest BCUT2D eigenvalue weighted by atomic mass is 10.1. The Bertz CT molecular complexity index is 557. The Labute approximate surface area is 114 Å². The topological polar surface area (TPSA) is 41.6 Å². The summed E-state index contributed by atoms with van der Waals surface area (Å²) in [5, 5.41) is 7.55. The van der Waals surface area contributed by atoms with Gasteiger partial charge in [-0.25, -0.2) is 13.8 Å². The Morgan fingerprint density at radius 3 is 2.79 bits per heavy atom. The zero-order valence-corrected chi connectivity index (χ0v) is 11.6. The second kappa shape index (κ2) is 6.14. The molecule has 1 heterocycles. The zero-order chi connectivity index (χ0) is 13.8. The Morgan fingerprint density at radius 2 is 2.11 bits per heavy atom. The summed E-state index contributed by atoms with van der Waals surface area (Å²) in [5.74, 6) is -0.807. The third kappa shape index (κ3) is 3.53. The first-order valence-corrected chi connectivity index (χ1v) is 7.01. The van der Waals surface area contributed by atoms with Crippen LogP contribution < -0.4 is 0 Å². The molecule has 2 aromatic rings. The van der Waals surface area contributed by atoms with Gasteiger partial charge in [-0.3, -0.25) is 5.10 Å². The normalized spacial score (nSPS) is 12.6. The number of thioether (sulfide) groups is 1. The highest BCUT2D eigenvalue weighted by atomic mass is 32.2. The fourth-order valence-electron chi connectivity index (χ4n) is 1.67. The maximum absolute atomic E-state index is 13.2. The van der Waals surface area contributed by atoms with Crippen LogP contribution in [0.15, 0.2) is 23.4 Å². The van der Waals surface area contributed by atoms with E-state index in [1.807, 2.05) is 6.92 Å². The van der Waals surface area contributed by atoms with E-state index in [4.69, 9.17) is 0 Å². The molecule has 0 unspecified atom stereocenters. The van der Waals surface area contributed by atoms with E-state index < -0.39 is 11.6 Å². The molecule has 102 valence electrons. The van der Waals surface area contributed by atoms with Gasteiger partial charge in [0.15, 0.2) is 11.6 Å². The molecule has 0 aliphatic carbocycles. The summed E-state index contributed by atoms with van der Waals surface area (Å²) in [5.41, 5.74) is 0.714. The summed E-state index contributed by atoms with van der Waals surface area (Å²) in [7, 11) is 0. The molecule has 1 aromatic carbocycles. The molecule has 0 saturated carbocycles. The van der Waals surface area contributed by atoms with Crippen molar-refractivity contribution < 1.29 is 8.78 Å². The van der Waals surface area contributed by atoms with E-state index in [2.05, 4.69) is 22.1 Å². The maximum atomic E-state index is 13.2. The number of halogens is 2. The molecule has 0 aliphatic heterocycles. The molecule has 19 heavy (non-hydrogen) atoms. The number of hydrogen-bond acceptors (Lipinski definition) is 3. The fraction of sp³-hybridized carbons (Fsp3) is 0.385. The van der Waals surface area contributed by atoms with Crippen molar-refractivity contribution in [2.24, 2.45) is 0 Å². The second-order valence-electron chi connectivity index (χ2n) is 4.25. The minimum atomic E-state index is -0.830. The Hall–Kier alpha value is -1.43. The number of benzene rings is 1. The first kappa shape index (κ1) is 14.0. The van der Waals surface area contributed by atoms with E-state index in [-0.39, 0.29) is 5.25 Å².